The third-order valence-electron chi connectivity index (χ3n) is 4.50. The van der Waals surface area contributed by atoms with E-state index in [4.69, 9.17) is 27.3 Å². The van der Waals surface area contributed by atoms with Crippen molar-refractivity contribution in [2.45, 2.75) is 33.6 Å². The van der Waals surface area contributed by atoms with E-state index in [0.29, 0.717) is 11.7 Å². The average molecular weight is 394 g/mol. The van der Waals surface area contributed by atoms with Gasteiger partial charge in [-0.1, -0.05) is 26.0 Å². The van der Waals surface area contributed by atoms with Crippen molar-refractivity contribution in [3.8, 4) is 17.1 Å². The number of hydrogen-bond donors (Lipinski definition) is 1. The van der Waals surface area contributed by atoms with E-state index in [2.05, 4.69) is 11.1 Å². The molecule has 5 nitrogen and oxygen atoms in total. The van der Waals surface area contributed by atoms with Crippen LogP contribution in [0.4, 0.5) is 5.82 Å². The number of aryl methyl sites for hydroxylation is 2. The monoisotopic (exact) mass is 393 g/mol. The first kappa shape index (κ1) is 19.8. The minimum atomic E-state index is 0.440. The van der Waals surface area contributed by atoms with Crippen molar-refractivity contribution in [3.63, 3.8) is 0 Å². The van der Waals surface area contributed by atoms with Gasteiger partial charge in [0.25, 0.3) is 0 Å². The highest BCUT2D eigenvalue weighted by atomic mass is 35.5. The molecule has 4 aromatic rings. The summed E-state index contributed by atoms with van der Waals surface area (Å²) < 4.78 is 2.02. The Labute approximate surface area is 170 Å². The van der Waals surface area contributed by atoms with E-state index >= 15 is 0 Å². The predicted octanol–water partition coefficient (Wildman–Crippen LogP) is 5.45. The van der Waals surface area contributed by atoms with E-state index in [1.807, 2.05) is 68.7 Å². The van der Waals surface area contributed by atoms with Gasteiger partial charge in [0.2, 0.25) is 0 Å². The third-order valence-corrected chi connectivity index (χ3v) is 4.81. The molecule has 0 unspecified atom stereocenters. The lowest BCUT2D eigenvalue weighted by Crippen LogP contribution is -2.02. The van der Waals surface area contributed by atoms with Crippen LogP contribution < -0.4 is 5.73 Å². The van der Waals surface area contributed by atoms with Gasteiger partial charge in [0.1, 0.15) is 11.3 Å². The van der Waals surface area contributed by atoms with Crippen molar-refractivity contribution < 1.29 is 0 Å². The molecule has 0 aliphatic rings. The number of aromatic nitrogens is 4. The van der Waals surface area contributed by atoms with E-state index in [1.165, 1.54) is 0 Å². The first-order chi connectivity index (χ1) is 13.6. The van der Waals surface area contributed by atoms with Crippen molar-refractivity contribution in [2.75, 3.05) is 5.73 Å². The van der Waals surface area contributed by atoms with E-state index in [1.54, 1.807) is 6.20 Å². The smallest absolute Gasteiger partial charge is 0.165 e. The van der Waals surface area contributed by atoms with Crippen molar-refractivity contribution in [1.29, 1.82) is 0 Å². The van der Waals surface area contributed by atoms with Crippen LogP contribution in [0.2, 0.25) is 0 Å². The molecular weight excluding hydrogens is 370 g/mol. The number of rotatable bonds is 3. The number of benzene rings is 1. The van der Waals surface area contributed by atoms with E-state index < -0.39 is 0 Å². The molecule has 2 N–H and O–H groups in total. The Morgan fingerprint density at radius 2 is 1.75 bits per heavy atom. The van der Waals surface area contributed by atoms with Gasteiger partial charge in [-0.15, -0.1) is 11.6 Å². The summed E-state index contributed by atoms with van der Waals surface area (Å²) in [4.78, 5) is 13.8. The summed E-state index contributed by atoms with van der Waals surface area (Å²) in [5.74, 6) is 1.64. The van der Waals surface area contributed by atoms with Crippen LogP contribution in [-0.2, 0) is 5.88 Å². The summed E-state index contributed by atoms with van der Waals surface area (Å²) in [5, 5.41) is 0. The van der Waals surface area contributed by atoms with E-state index in [9.17, 15) is 0 Å². The molecule has 0 aliphatic carbocycles. The molecule has 144 valence electrons. The fourth-order valence-electron chi connectivity index (χ4n) is 2.96. The molecule has 0 fully saturated rings. The van der Waals surface area contributed by atoms with Gasteiger partial charge in [-0.3, -0.25) is 4.57 Å². The average Bonchev–Trinajstić information content (AvgIpc) is 3.08. The molecule has 6 heteroatoms. The van der Waals surface area contributed by atoms with Crippen LogP contribution in [0.25, 0.3) is 28.2 Å². The molecule has 4 rings (SSSR count). The standard InChI is InChI=1S/C20H18ClN5.C2H6/c1-12-10-17-20(24-13(12)2)26(15-7-5-14(11-21)6-8-15)19(25-17)16-4-3-9-23-18(16)22;1-2/h3-10H,11H2,1-2H3,(H2,22,23);1-2H3. The van der Waals surface area contributed by atoms with Crippen LogP contribution in [0.5, 0.6) is 0 Å². The number of anilines is 1. The fraction of sp³-hybridized carbons (Fsp3) is 0.227. The van der Waals surface area contributed by atoms with Gasteiger partial charge in [0.05, 0.1) is 5.56 Å². The molecule has 0 spiro atoms. The number of hydrogen-bond acceptors (Lipinski definition) is 4. The van der Waals surface area contributed by atoms with Crippen molar-refractivity contribution in [2.24, 2.45) is 0 Å². The Morgan fingerprint density at radius 3 is 2.39 bits per heavy atom. The second-order valence-corrected chi connectivity index (χ2v) is 6.51. The Bertz CT molecular complexity index is 1100. The van der Waals surface area contributed by atoms with E-state index in [0.717, 1.165) is 45.1 Å². The summed E-state index contributed by atoms with van der Waals surface area (Å²) in [7, 11) is 0. The minimum absolute atomic E-state index is 0.440. The zero-order valence-corrected chi connectivity index (χ0v) is 17.3. The van der Waals surface area contributed by atoms with Crippen LogP contribution in [-0.4, -0.2) is 19.5 Å². The van der Waals surface area contributed by atoms with Gasteiger partial charge >= 0.3 is 0 Å². The maximum absolute atomic E-state index is 6.12. The summed E-state index contributed by atoms with van der Waals surface area (Å²) in [6.07, 6.45) is 1.67. The van der Waals surface area contributed by atoms with Gasteiger partial charge in [0.15, 0.2) is 11.5 Å². The molecule has 3 aromatic heterocycles. The molecule has 0 aliphatic heterocycles. The molecule has 0 saturated carbocycles. The molecule has 1 aromatic carbocycles. The van der Waals surface area contributed by atoms with Gasteiger partial charge in [-0.25, -0.2) is 15.0 Å². The number of nitrogens with two attached hydrogens (primary N) is 1. The SMILES string of the molecule is CC.Cc1cc2nc(-c3cccnc3N)n(-c3ccc(CCl)cc3)c2nc1C. The fourth-order valence-corrected chi connectivity index (χ4v) is 3.13. The highest BCUT2D eigenvalue weighted by molar-refractivity contribution is 6.17. The molecule has 0 amide bonds. The van der Waals surface area contributed by atoms with Crippen LogP contribution in [0, 0.1) is 13.8 Å². The predicted molar refractivity (Wildman–Crippen MR) is 117 cm³/mol. The third kappa shape index (κ3) is 3.58. The molecule has 0 atom stereocenters. The van der Waals surface area contributed by atoms with Crippen LogP contribution >= 0.6 is 11.6 Å². The zero-order chi connectivity index (χ0) is 20.3. The number of nitrogen functional groups attached to an aromatic ring is 1. The topological polar surface area (TPSA) is 69.6 Å². The van der Waals surface area contributed by atoms with Crippen molar-refractivity contribution in [3.05, 3.63) is 65.5 Å². The van der Waals surface area contributed by atoms with Gasteiger partial charge < -0.3 is 5.73 Å². The van der Waals surface area contributed by atoms with Gasteiger partial charge in [-0.05, 0) is 55.3 Å². The quantitative estimate of drug-likeness (QED) is 0.470. The molecule has 28 heavy (non-hydrogen) atoms. The Morgan fingerprint density at radius 1 is 1.04 bits per heavy atom. The number of nitrogens with zero attached hydrogens (tertiary/aromatic N) is 4. The second kappa shape index (κ2) is 8.40. The lowest BCUT2D eigenvalue weighted by atomic mass is 10.2. The van der Waals surface area contributed by atoms with Crippen LogP contribution in [0.15, 0.2) is 48.7 Å². The summed E-state index contributed by atoms with van der Waals surface area (Å²) >= 11 is 5.93. The highest BCUT2D eigenvalue weighted by Crippen LogP contribution is 2.31. The van der Waals surface area contributed by atoms with E-state index in [-0.39, 0.29) is 0 Å². The highest BCUT2D eigenvalue weighted by Gasteiger charge is 2.18. The van der Waals surface area contributed by atoms with Crippen molar-refractivity contribution in [1.82, 2.24) is 19.5 Å². The Hall–Kier alpha value is -2.92. The molecular formula is C22H24ClN5. The summed E-state index contributed by atoms with van der Waals surface area (Å²) in [5.41, 5.74) is 12.6. The number of pyridine rings is 2. The summed E-state index contributed by atoms with van der Waals surface area (Å²) in [6, 6.07) is 13.9. The first-order valence-electron chi connectivity index (χ1n) is 9.31. The molecule has 0 saturated heterocycles. The second-order valence-electron chi connectivity index (χ2n) is 6.24. The first-order valence-corrected chi connectivity index (χ1v) is 9.85. The van der Waals surface area contributed by atoms with Gasteiger partial charge in [0, 0.05) is 23.5 Å². The zero-order valence-electron chi connectivity index (χ0n) is 16.6. The number of imidazole rings is 1. The molecule has 0 bridgehead atoms. The number of halogens is 1. The van der Waals surface area contributed by atoms with Crippen molar-refractivity contribution >= 4 is 28.6 Å². The van der Waals surface area contributed by atoms with Crippen LogP contribution in [0.3, 0.4) is 0 Å². The lowest BCUT2D eigenvalue weighted by Gasteiger charge is -2.11. The maximum atomic E-state index is 6.12. The Kier molecular flexibility index (Phi) is 5.95. The Balaban J connectivity index is 0.00000109. The minimum Gasteiger partial charge on any atom is -0.383 e. The maximum Gasteiger partial charge on any atom is 0.165 e. The summed E-state index contributed by atoms with van der Waals surface area (Å²) in [6.45, 7) is 8.04. The van der Waals surface area contributed by atoms with Gasteiger partial charge in [-0.2, -0.15) is 0 Å². The molecule has 3 heterocycles. The number of alkyl halides is 1. The lowest BCUT2D eigenvalue weighted by molar-refractivity contribution is 1.06. The normalized spacial score (nSPS) is 10.6. The molecule has 0 radical (unpaired) electrons. The van der Waals surface area contributed by atoms with Crippen LogP contribution in [0.1, 0.15) is 30.7 Å². The largest absolute Gasteiger partial charge is 0.383 e. The number of fused-ring (bicyclic) bond motifs is 1.